The molecule has 8 nitrogen and oxygen atoms in total. The Kier molecular flexibility index (Phi) is 6.32. The first-order valence-electron chi connectivity index (χ1n) is 10.7. The van der Waals surface area contributed by atoms with Gasteiger partial charge in [-0.05, 0) is 44.0 Å². The van der Waals surface area contributed by atoms with Gasteiger partial charge in [0.1, 0.15) is 29.4 Å². The fourth-order valence-electron chi connectivity index (χ4n) is 4.20. The van der Waals surface area contributed by atoms with Gasteiger partial charge >= 0.3 is 0 Å². The van der Waals surface area contributed by atoms with E-state index in [0.29, 0.717) is 29.8 Å². The number of hydrogen-bond donors (Lipinski definition) is 2. The molecule has 3 atom stereocenters. The Morgan fingerprint density at radius 1 is 1.30 bits per heavy atom. The summed E-state index contributed by atoms with van der Waals surface area (Å²) < 4.78 is 5.91. The van der Waals surface area contributed by atoms with Gasteiger partial charge in [-0.2, -0.15) is 10.3 Å². The largest absolute Gasteiger partial charge is 0.485 e. The third kappa shape index (κ3) is 4.54. The molecule has 0 bridgehead atoms. The molecule has 8 heteroatoms. The number of amides is 1. The van der Waals surface area contributed by atoms with E-state index in [1.165, 1.54) is 5.06 Å². The normalized spacial score (nSPS) is 23.7. The minimum absolute atomic E-state index is 0.248. The van der Waals surface area contributed by atoms with Crippen LogP contribution in [0.15, 0.2) is 54.1 Å². The molecule has 0 aliphatic carbocycles. The lowest BCUT2D eigenvalue weighted by Crippen LogP contribution is -2.55. The maximum atomic E-state index is 13.4. The minimum atomic E-state index is -1.09. The van der Waals surface area contributed by atoms with Gasteiger partial charge in [0.2, 0.25) is 5.91 Å². The molecule has 0 saturated carbocycles. The topological polar surface area (TPSA) is 112 Å². The molecule has 2 aliphatic rings. The van der Waals surface area contributed by atoms with E-state index in [1.54, 1.807) is 32.0 Å². The number of fused-ring (bicyclic) bond motifs is 1. The number of nitrogens with zero attached hydrogens (tertiary/aromatic N) is 2. The van der Waals surface area contributed by atoms with Gasteiger partial charge in [0, 0.05) is 17.7 Å². The molecule has 2 aromatic rings. The maximum Gasteiger partial charge on any atom is 0.245 e. The van der Waals surface area contributed by atoms with Crippen LogP contribution in [0.5, 0.6) is 5.75 Å². The number of aliphatic hydroxyl groups excluding tert-OH is 1. The smallest absolute Gasteiger partial charge is 0.245 e. The number of nitriles is 1. The highest BCUT2D eigenvalue weighted by molar-refractivity contribution is 5.88. The number of aliphatic hydroxyl groups is 1. The van der Waals surface area contributed by atoms with E-state index < -0.39 is 29.7 Å². The van der Waals surface area contributed by atoms with Gasteiger partial charge < -0.3 is 15.2 Å². The van der Waals surface area contributed by atoms with Crippen LogP contribution in [-0.2, 0) is 21.0 Å². The summed E-state index contributed by atoms with van der Waals surface area (Å²) in [6, 6.07) is 14.6. The van der Waals surface area contributed by atoms with Gasteiger partial charge in [0.25, 0.3) is 0 Å². The van der Waals surface area contributed by atoms with E-state index in [-0.39, 0.29) is 12.2 Å². The predicted molar refractivity (Wildman–Crippen MR) is 118 cm³/mol. The summed E-state index contributed by atoms with van der Waals surface area (Å²) in [5.41, 5.74) is 1.11. The summed E-state index contributed by atoms with van der Waals surface area (Å²) in [5, 5.41) is 24.6. The minimum Gasteiger partial charge on any atom is -0.485 e. The third-order valence-corrected chi connectivity index (χ3v) is 6.01. The van der Waals surface area contributed by atoms with Crippen molar-refractivity contribution in [3.05, 3.63) is 70.8 Å². The number of hydrogen-bond acceptors (Lipinski definition) is 7. The van der Waals surface area contributed by atoms with Crippen LogP contribution in [0.1, 0.15) is 43.0 Å². The molecule has 2 aromatic carbocycles. The summed E-state index contributed by atoms with van der Waals surface area (Å²) in [6.45, 7) is 4.06. The van der Waals surface area contributed by atoms with Crippen LogP contribution in [0.2, 0.25) is 0 Å². The van der Waals surface area contributed by atoms with Gasteiger partial charge in [-0.25, -0.2) is 4.79 Å². The van der Waals surface area contributed by atoms with Crippen LogP contribution in [0, 0.1) is 11.3 Å². The Labute approximate surface area is 192 Å². The molecule has 0 radical (unpaired) electrons. The number of ether oxygens (including phenoxy) is 1. The maximum absolute atomic E-state index is 13.4. The number of carbonyl (C=O) groups excluding carboxylic acids is 2. The zero-order chi connectivity index (χ0) is 23.6. The number of hydroxylamine groups is 2. The molecule has 1 saturated heterocycles. The van der Waals surface area contributed by atoms with Crippen molar-refractivity contribution >= 4 is 11.8 Å². The predicted octanol–water partition coefficient (Wildman–Crippen LogP) is 2.21. The molecule has 0 unspecified atom stereocenters. The summed E-state index contributed by atoms with van der Waals surface area (Å²) in [7, 11) is 0. The average Bonchev–Trinajstić information content (AvgIpc) is 3.24. The number of benzene rings is 2. The molecule has 1 amide bonds. The van der Waals surface area contributed by atoms with Crippen LogP contribution >= 0.6 is 0 Å². The third-order valence-electron chi connectivity index (χ3n) is 6.01. The molecule has 2 heterocycles. The molecule has 2 N–H and O–H groups in total. The van der Waals surface area contributed by atoms with Crippen molar-refractivity contribution in [3.63, 3.8) is 0 Å². The Hall–Kier alpha value is -3.47. The highest BCUT2D eigenvalue weighted by Crippen LogP contribution is 2.40. The number of rotatable bonds is 5. The molecule has 0 aromatic heterocycles. The van der Waals surface area contributed by atoms with Crippen molar-refractivity contribution in [1.82, 2.24) is 10.4 Å². The molecular formula is C25H25N3O5. The van der Waals surface area contributed by atoms with Crippen LogP contribution in [0.4, 0.5) is 0 Å². The molecule has 0 spiro atoms. The molecular weight excluding hydrogens is 422 g/mol. The Morgan fingerprint density at radius 3 is 2.76 bits per heavy atom. The van der Waals surface area contributed by atoms with Gasteiger partial charge in [0.05, 0.1) is 24.3 Å². The number of carbonyl (C=O) groups is 1. The van der Waals surface area contributed by atoms with Crippen molar-refractivity contribution in [2.75, 3.05) is 6.54 Å². The highest BCUT2D eigenvalue weighted by atomic mass is 16.7. The Balaban J connectivity index is 1.58. The first-order chi connectivity index (χ1) is 15.8. The second-order valence-electron chi connectivity index (χ2n) is 8.68. The summed E-state index contributed by atoms with van der Waals surface area (Å²) in [6.07, 6.45) is -0.737. The van der Waals surface area contributed by atoms with E-state index >= 15 is 0 Å². The standard InChI is InChI=1S/C25H25N3O5/c1-25(2)23(30)21(19-12-17(13-26)8-9-20(19)33-25)27-24(31)22-18(14-29)10-11-28(22)32-15-16-6-4-3-5-7-16/h3-9,12,21-23,30H,10-11,15H2,1-2H3,(H,27,31)/t21-,22+,23+/m0/s1. The molecule has 170 valence electrons. The molecule has 4 rings (SSSR count). The van der Waals surface area contributed by atoms with Crippen LogP contribution in [-0.4, -0.2) is 46.3 Å². The van der Waals surface area contributed by atoms with Crippen molar-refractivity contribution < 1.29 is 24.3 Å². The van der Waals surface area contributed by atoms with Gasteiger partial charge in [-0.1, -0.05) is 30.3 Å². The number of nitrogens with one attached hydrogen (secondary N) is 1. The zero-order valence-corrected chi connectivity index (χ0v) is 18.4. The van der Waals surface area contributed by atoms with Gasteiger partial charge in [-0.15, -0.1) is 0 Å². The van der Waals surface area contributed by atoms with E-state index in [9.17, 15) is 20.0 Å². The highest BCUT2D eigenvalue weighted by Gasteiger charge is 2.46. The van der Waals surface area contributed by atoms with Crippen molar-refractivity contribution in [2.24, 2.45) is 0 Å². The van der Waals surface area contributed by atoms with Crippen LogP contribution in [0.25, 0.3) is 0 Å². The monoisotopic (exact) mass is 447 g/mol. The summed E-state index contributed by atoms with van der Waals surface area (Å²) in [5.74, 6) is 1.86. The van der Waals surface area contributed by atoms with Gasteiger partial charge in [0.15, 0.2) is 0 Å². The average molecular weight is 447 g/mol. The first kappa shape index (κ1) is 22.7. The second kappa shape index (κ2) is 9.18. The summed E-state index contributed by atoms with van der Waals surface area (Å²) >= 11 is 0. The second-order valence-corrected chi connectivity index (χ2v) is 8.68. The zero-order valence-electron chi connectivity index (χ0n) is 18.4. The van der Waals surface area contributed by atoms with Crippen molar-refractivity contribution in [2.45, 2.75) is 50.7 Å². The lowest BCUT2D eigenvalue weighted by Gasteiger charge is -2.42. The van der Waals surface area contributed by atoms with Crippen LogP contribution < -0.4 is 10.1 Å². The lowest BCUT2D eigenvalue weighted by atomic mass is 9.85. The van der Waals surface area contributed by atoms with Crippen molar-refractivity contribution in [1.29, 1.82) is 5.26 Å². The molecule has 33 heavy (non-hydrogen) atoms. The van der Waals surface area contributed by atoms with Crippen LogP contribution in [0.3, 0.4) is 0 Å². The van der Waals surface area contributed by atoms with Gasteiger partial charge in [-0.3, -0.25) is 9.63 Å². The molecule has 2 aliphatic heterocycles. The quantitative estimate of drug-likeness (QED) is 0.676. The van der Waals surface area contributed by atoms with E-state index in [0.717, 1.165) is 5.56 Å². The van der Waals surface area contributed by atoms with Crippen molar-refractivity contribution in [3.8, 4) is 11.8 Å². The molecule has 1 fully saturated rings. The van der Waals surface area contributed by atoms with E-state index in [4.69, 9.17) is 9.57 Å². The SMILES string of the molecule is CC1(C)Oc2ccc(C#N)cc2[C@H](NC(=O)[C@H]2C(=C=O)CCN2OCc2ccccc2)[C@H]1O. The van der Waals surface area contributed by atoms with E-state index in [2.05, 4.69) is 11.4 Å². The Morgan fingerprint density at radius 2 is 2.06 bits per heavy atom. The summed E-state index contributed by atoms with van der Waals surface area (Å²) in [4.78, 5) is 30.8. The van der Waals surface area contributed by atoms with E-state index in [1.807, 2.05) is 36.3 Å². The Bertz CT molecular complexity index is 1130. The first-order valence-corrected chi connectivity index (χ1v) is 10.7. The fraction of sp³-hybridized carbons (Fsp3) is 0.360. The lowest BCUT2D eigenvalue weighted by molar-refractivity contribution is -0.182. The fourth-order valence-corrected chi connectivity index (χ4v) is 4.20.